The molecule has 0 aliphatic carbocycles. The number of carboxylic acid groups (broad SMARTS) is 1. The highest BCUT2D eigenvalue weighted by molar-refractivity contribution is 7.16. The summed E-state index contributed by atoms with van der Waals surface area (Å²) in [5, 5.41) is 15.6. The number of carboxylic acids is 1. The van der Waals surface area contributed by atoms with Crippen LogP contribution in [0.5, 0.6) is 0 Å². The number of thiophene rings is 1. The van der Waals surface area contributed by atoms with Crippen molar-refractivity contribution in [2.45, 2.75) is 19.1 Å². The van der Waals surface area contributed by atoms with Gasteiger partial charge in [0.2, 0.25) is 5.82 Å². The number of nitrogens with one attached hydrogen (secondary N) is 1. The molecule has 0 amide bonds. The van der Waals surface area contributed by atoms with Crippen LogP contribution in [0.15, 0.2) is 65.2 Å². The van der Waals surface area contributed by atoms with E-state index >= 15 is 0 Å². The third-order valence-electron chi connectivity index (χ3n) is 4.77. The average molecular weight is 473 g/mol. The van der Waals surface area contributed by atoms with Gasteiger partial charge in [-0.25, -0.2) is 0 Å². The van der Waals surface area contributed by atoms with Gasteiger partial charge in [0.25, 0.3) is 5.89 Å². The number of alkyl halides is 3. The lowest BCUT2D eigenvalue weighted by atomic mass is 10.1. The summed E-state index contributed by atoms with van der Waals surface area (Å²) in [5.74, 6) is -0.588. The van der Waals surface area contributed by atoms with Crippen LogP contribution in [0.4, 0.5) is 13.2 Å². The van der Waals surface area contributed by atoms with Gasteiger partial charge in [0.05, 0.1) is 11.3 Å². The van der Waals surface area contributed by atoms with Crippen LogP contribution in [0.2, 0.25) is 0 Å². The Kier molecular flexibility index (Phi) is 6.57. The predicted octanol–water partition coefficient (Wildman–Crippen LogP) is 5.72. The SMILES string of the molecule is O=C(O)CCNCc1ccc(-c2noc(-c3cc(-c4ccccc4)c(C(F)(F)F)s3)n2)cc1. The lowest BCUT2D eigenvalue weighted by Gasteiger charge is -2.07. The average Bonchev–Trinajstić information content (AvgIpc) is 3.45. The smallest absolute Gasteiger partial charge is 0.426 e. The fraction of sp³-hybridized carbons (Fsp3) is 0.174. The van der Waals surface area contributed by atoms with Gasteiger partial charge in [-0.2, -0.15) is 18.2 Å². The molecule has 0 aliphatic rings. The first-order valence-electron chi connectivity index (χ1n) is 9.93. The maximum atomic E-state index is 13.6. The van der Waals surface area contributed by atoms with E-state index in [1.54, 1.807) is 42.5 Å². The molecule has 2 heterocycles. The van der Waals surface area contributed by atoms with Gasteiger partial charge in [0.1, 0.15) is 4.88 Å². The summed E-state index contributed by atoms with van der Waals surface area (Å²) in [6.07, 6.45) is -4.47. The second kappa shape index (κ2) is 9.55. The Labute approximate surface area is 190 Å². The topological polar surface area (TPSA) is 88.2 Å². The molecule has 0 atom stereocenters. The van der Waals surface area contributed by atoms with Crippen molar-refractivity contribution in [1.29, 1.82) is 0 Å². The Balaban J connectivity index is 1.54. The van der Waals surface area contributed by atoms with Crippen LogP contribution in [0.3, 0.4) is 0 Å². The number of aliphatic carboxylic acids is 1. The minimum Gasteiger partial charge on any atom is -0.481 e. The van der Waals surface area contributed by atoms with E-state index in [4.69, 9.17) is 9.63 Å². The number of hydrogen-bond acceptors (Lipinski definition) is 6. The zero-order valence-electron chi connectivity index (χ0n) is 17.1. The summed E-state index contributed by atoms with van der Waals surface area (Å²) in [4.78, 5) is 14.3. The van der Waals surface area contributed by atoms with Crippen molar-refractivity contribution in [2.75, 3.05) is 6.54 Å². The summed E-state index contributed by atoms with van der Waals surface area (Å²) in [7, 11) is 0. The maximum Gasteiger partial charge on any atom is 0.426 e. The Bertz CT molecular complexity index is 1240. The fourth-order valence-electron chi connectivity index (χ4n) is 3.18. The number of nitrogens with zero attached hydrogens (tertiary/aromatic N) is 2. The first-order chi connectivity index (χ1) is 15.8. The molecule has 2 aromatic carbocycles. The molecule has 6 nitrogen and oxygen atoms in total. The zero-order valence-corrected chi connectivity index (χ0v) is 17.9. The van der Waals surface area contributed by atoms with E-state index in [1.807, 2.05) is 12.1 Å². The van der Waals surface area contributed by atoms with Crippen molar-refractivity contribution in [3.63, 3.8) is 0 Å². The van der Waals surface area contributed by atoms with E-state index in [2.05, 4.69) is 15.5 Å². The van der Waals surface area contributed by atoms with Crippen molar-refractivity contribution in [2.24, 2.45) is 0 Å². The second-order valence-electron chi connectivity index (χ2n) is 7.16. The molecule has 0 bridgehead atoms. The molecule has 0 saturated carbocycles. The molecule has 4 aromatic rings. The van der Waals surface area contributed by atoms with Gasteiger partial charge in [-0.3, -0.25) is 4.79 Å². The normalized spacial score (nSPS) is 11.6. The molecule has 0 saturated heterocycles. The lowest BCUT2D eigenvalue weighted by Crippen LogP contribution is -2.17. The summed E-state index contributed by atoms with van der Waals surface area (Å²) in [6.45, 7) is 0.861. The first kappa shape index (κ1) is 22.7. The molecular formula is C23H18F3N3O3S. The highest BCUT2D eigenvalue weighted by Crippen LogP contribution is 2.45. The van der Waals surface area contributed by atoms with E-state index in [1.165, 1.54) is 6.07 Å². The van der Waals surface area contributed by atoms with Gasteiger partial charge in [-0.05, 0) is 17.2 Å². The quantitative estimate of drug-likeness (QED) is 0.319. The van der Waals surface area contributed by atoms with Crippen molar-refractivity contribution in [3.8, 4) is 33.3 Å². The molecule has 0 fully saturated rings. The minimum atomic E-state index is -4.51. The highest BCUT2D eigenvalue weighted by Gasteiger charge is 2.37. The fourth-order valence-corrected chi connectivity index (χ4v) is 4.15. The molecule has 0 aliphatic heterocycles. The second-order valence-corrected chi connectivity index (χ2v) is 8.21. The summed E-state index contributed by atoms with van der Waals surface area (Å²) < 4.78 is 46.2. The lowest BCUT2D eigenvalue weighted by molar-refractivity contribution is -0.137. The Hall–Kier alpha value is -3.50. The zero-order chi connectivity index (χ0) is 23.4. The Morgan fingerprint density at radius 3 is 2.45 bits per heavy atom. The number of hydrogen-bond donors (Lipinski definition) is 2. The Morgan fingerprint density at radius 2 is 1.79 bits per heavy atom. The molecule has 0 spiro atoms. The van der Waals surface area contributed by atoms with Gasteiger partial charge in [-0.1, -0.05) is 59.8 Å². The van der Waals surface area contributed by atoms with Gasteiger partial charge >= 0.3 is 12.1 Å². The standard InChI is InChI=1S/C23H18F3N3O3S/c24-23(25,26)20-17(15-4-2-1-3-5-15)12-18(33-20)22-28-21(29-32-22)16-8-6-14(7-9-16)13-27-11-10-19(30)31/h1-9,12,27H,10-11,13H2,(H,30,31). The maximum absolute atomic E-state index is 13.6. The third-order valence-corrected chi connectivity index (χ3v) is 5.94. The van der Waals surface area contributed by atoms with Crippen molar-refractivity contribution < 1.29 is 27.6 Å². The number of aromatic nitrogens is 2. The van der Waals surface area contributed by atoms with Crippen LogP contribution >= 0.6 is 11.3 Å². The molecule has 10 heteroatoms. The van der Waals surface area contributed by atoms with Gasteiger partial charge in [0, 0.05) is 24.2 Å². The molecule has 2 aromatic heterocycles. The van der Waals surface area contributed by atoms with Crippen molar-refractivity contribution >= 4 is 17.3 Å². The van der Waals surface area contributed by atoms with Crippen LogP contribution in [-0.2, 0) is 17.5 Å². The van der Waals surface area contributed by atoms with Gasteiger partial charge in [-0.15, -0.1) is 11.3 Å². The number of halogens is 3. The third kappa shape index (κ3) is 5.47. The van der Waals surface area contributed by atoms with E-state index in [-0.39, 0.29) is 28.6 Å². The molecular weight excluding hydrogens is 455 g/mol. The Morgan fingerprint density at radius 1 is 1.06 bits per heavy atom. The molecule has 4 rings (SSSR count). The van der Waals surface area contributed by atoms with Gasteiger partial charge in [0.15, 0.2) is 0 Å². The van der Waals surface area contributed by atoms with Crippen LogP contribution in [0, 0.1) is 0 Å². The summed E-state index contributed by atoms with van der Waals surface area (Å²) in [5.41, 5.74) is 2.12. The van der Waals surface area contributed by atoms with Crippen LogP contribution in [0.1, 0.15) is 16.9 Å². The highest BCUT2D eigenvalue weighted by atomic mass is 32.1. The predicted molar refractivity (Wildman–Crippen MR) is 117 cm³/mol. The van der Waals surface area contributed by atoms with E-state index in [0.717, 1.165) is 5.56 Å². The molecule has 33 heavy (non-hydrogen) atoms. The minimum absolute atomic E-state index is 0.0158. The number of rotatable bonds is 8. The first-order valence-corrected chi connectivity index (χ1v) is 10.8. The van der Waals surface area contributed by atoms with Crippen LogP contribution in [-0.4, -0.2) is 27.8 Å². The van der Waals surface area contributed by atoms with Gasteiger partial charge < -0.3 is 14.9 Å². The monoisotopic (exact) mass is 473 g/mol. The summed E-state index contributed by atoms with van der Waals surface area (Å²) in [6, 6.07) is 17.0. The largest absolute Gasteiger partial charge is 0.481 e. The van der Waals surface area contributed by atoms with E-state index in [0.29, 0.717) is 35.6 Å². The van der Waals surface area contributed by atoms with E-state index < -0.39 is 17.0 Å². The van der Waals surface area contributed by atoms with Crippen LogP contribution in [0.25, 0.3) is 33.3 Å². The molecule has 2 N–H and O–H groups in total. The van der Waals surface area contributed by atoms with Crippen molar-refractivity contribution in [1.82, 2.24) is 15.5 Å². The van der Waals surface area contributed by atoms with Crippen molar-refractivity contribution in [3.05, 3.63) is 71.1 Å². The number of carbonyl (C=O) groups is 1. The summed E-state index contributed by atoms with van der Waals surface area (Å²) >= 11 is 0.567. The molecule has 0 unspecified atom stereocenters. The molecule has 170 valence electrons. The van der Waals surface area contributed by atoms with Crippen LogP contribution < -0.4 is 5.32 Å². The number of benzene rings is 2. The molecule has 0 radical (unpaired) electrons. The van der Waals surface area contributed by atoms with E-state index in [9.17, 15) is 18.0 Å².